The molecule has 2 aliphatic rings. The number of aliphatic hydroxyl groups excluding tert-OH is 1. The molecule has 0 amide bonds. The fraction of sp³-hybridized carbons (Fsp3) is 1.00. The molecule has 0 aromatic heterocycles. The van der Waals surface area contributed by atoms with Gasteiger partial charge >= 0.3 is 0 Å². The molecular weight excluding hydrogens is 200 g/mol. The average Bonchev–Trinajstić information content (AvgIpc) is 2.84. The van der Waals surface area contributed by atoms with Gasteiger partial charge in [0.25, 0.3) is 0 Å². The highest BCUT2D eigenvalue weighted by atomic mass is 16.3. The van der Waals surface area contributed by atoms with E-state index in [0.29, 0.717) is 6.04 Å². The molecule has 94 valence electrons. The molecular formula is C13H26N2O. The topological polar surface area (TPSA) is 44.3 Å². The van der Waals surface area contributed by atoms with Crippen LogP contribution in [-0.2, 0) is 0 Å². The molecule has 1 saturated carbocycles. The third-order valence-corrected chi connectivity index (χ3v) is 4.15. The molecule has 1 aliphatic carbocycles. The van der Waals surface area contributed by atoms with Gasteiger partial charge in [-0.3, -0.25) is 0 Å². The molecule has 0 aromatic rings. The van der Waals surface area contributed by atoms with Crippen molar-refractivity contribution in [1.82, 2.24) is 10.6 Å². The Morgan fingerprint density at radius 3 is 2.88 bits per heavy atom. The van der Waals surface area contributed by atoms with Gasteiger partial charge in [0, 0.05) is 12.1 Å². The summed E-state index contributed by atoms with van der Waals surface area (Å²) in [5, 5.41) is 16.5. The first-order valence-electron chi connectivity index (χ1n) is 6.92. The molecule has 0 bridgehead atoms. The van der Waals surface area contributed by atoms with Crippen molar-refractivity contribution in [2.75, 3.05) is 13.1 Å². The molecule has 0 radical (unpaired) electrons. The lowest BCUT2D eigenvalue weighted by atomic mass is 9.93. The Hall–Kier alpha value is -0.120. The van der Waals surface area contributed by atoms with Crippen LogP contribution in [0.2, 0.25) is 0 Å². The van der Waals surface area contributed by atoms with Crippen LogP contribution in [0.25, 0.3) is 0 Å². The first-order chi connectivity index (χ1) is 7.77. The molecule has 0 aromatic carbocycles. The highest BCUT2D eigenvalue weighted by Gasteiger charge is 2.34. The van der Waals surface area contributed by atoms with Gasteiger partial charge in [-0.15, -0.1) is 0 Å². The van der Waals surface area contributed by atoms with Crippen molar-refractivity contribution in [3.8, 4) is 0 Å². The number of hydrogen-bond acceptors (Lipinski definition) is 3. The second-order valence-corrected chi connectivity index (χ2v) is 5.50. The SMILES string of the molecule is CC(O)CCNC1CCCC1C1CCCN1. The largest absolute Gasteiger partial charge is 0.393 e. The maximum Gasteiger partial charge on any atom is 0.0524 e. The Bertz CT molecular complexity index is 202. The fourth-order valence-electron chi connectivity index (χ4n) is 3.28. The highest BCUT2D eigenvalue weighted by Crippen LogP contribution is 2.31. The lowest BCUT2D eigenvalue weighted by molar-refractivity contribution is 0.180. The Kier molecular flexibility index (Phi) is 4.62. The molecule has 3 nitrogen and oxygen atoms in total. The molecule has 2 fully saturated rings. The molecule has 3 N–H and O–H groups in total. The van der Waals surface area contributed by atoms with Gasteiger partial charge in [0.1, 0.15) is 0 Å². The standard InChI is InChI=1S/C13H26N2O/c1-10(16)7-9-15-12-5-2-4-11(12)13-6-3-8-14-13/h10-16H,2-9H2,1H3. The summed E-state index contributed by atoms with van der Waals surface area (Å²) in [6.45, 7) is 4.04. The van der Waals surface area contributed by atoms with Crippen LogP contribution in [0.4, 0.5) is 0 Å². The number of rotatable bonds is 5. The fourth-order valence-corrected chi connectivity index (χ4v) is 3.28. The van der Waals surface area contributed by atoms with E-state index in [1.165, 1.54) is 38.6 Å². The number of aliphatic hydroxyl groups is 1. The van der Waals surface area contributed by atoms with Crippen LogP contribution in [0.5, 0.6) is 0 Å². The van der Waals surface area contributed by atoms with Gasteiger partial charge in [-0.05, 0) is 58.0 Å². The molecule has 1 heterocycles. The predicted octanol–water partition coefficient (Wildman–Crippen LogP) is 1.27. The molecule has 2 rings (SSSR count). The molecule has 4 atom stereocenters. The minimum Gasteiger partial charge on any atom is -0.393 e. The normalized spacial score (nSPS) is 36.8. The average molecular weight is 226 g/mol. The van der Waals surface area contributed by atoms with Crippen molar-refractivity contribution in [3.63, 3.8) is 0 Å². The molecule has 3 heteroatoms. The minimum atomic E-state index is -0.169. The summed E-state index contributed by atoms with van der Waals surface area (Å²) in [5.41, 5.74) is 0. The third-order valence-electron chi connectivity index (χ3n) is 4.15. The summed E-state index contributed by atoms with van der Waals surface area (Å²) in [6, 6.07) is 1.45. The number of hydrogen-bond donors (Lipinski definition) is 3. The van der Waals surface area contributed by atoms with Crippen molar-refractivity contribution in [2.45, 2.75) is 63.6 Å². The van der Waals surface area contributed by atoms with Gasteiger partial charge in [-0.1, -0.05) is 6.42 Å². The summed E-state index contributed by atoms with van der Waals surface area (Å²) in [7, 11) is 0. The maximum atomic E-state index is 9.25. The Morgan fingerprint density at radius 1 is 1.31 bits per heavy atom. The van der Waals surface area contributed by atoms with Gasteiger partial charge in [0.2, 0.25) is 0 Å². The summed E-state index contributed by atoms with van der Waals surface area (Å²) < 4.78 is 0. The van der Waals surface area contributed by atoms with Crippen LogP contribution in [0.3, 0.4) is 0 Å². The summed E-state index contributed by atoms with van der Waals surface area (Å²) in [5.74, 6) is 0.830. The second kappa shape index (κ2) is 5.99. The van der Waals surface area contributed by atoms with Crippen LogP contribution in [0, 0.1) is 5.92 Å². The number of nitrogens with one attached hydrogen (secondary N) is 2. The molecule has 0 spiro atoms. The Morgan fingerprint density at radius 2 is 2.19 bits per heavy atom. The Balaban J connectivity index is 1.74. The summed E-state index contributed by atoms with van der Waals surface area (Å²) >= 11 is 0. The zero-order valence-electron chi connectivity index (χ0n) is 10.4. The second-order valence-electron chi connectivity index (χ2n) is 5.50. The molecule has 1 aliphatic heterocycles. The lowest BCUT2D eigenvalue weighted by Gasteiger charge is -2.26. The van der Waals surface area contributed by atoms with E-state index in [1.807, 2.05) is 6.92 Å². The maximum absolute atomic E-state index is 9.25. The predicted molar refractivity (Wildman–Crippen MR) is 66.5 cm³/mol. The van der Waals surface area contributed by atoms with Crippen molar-refractivity contribution in [1.29, 1.82) is 0 Å². The van der Waals surface area contributed by atoms with Gasteiger partial charge in [0.05, 0.1) is 6.10 Å². The van der Waals surface area contributed by atoms with Gasteiger partial charge in [-0.2, -0.15) is 0 Å². The lowest BCUT2D eigenvalue weighted by Crippen LogP contribution is -2.42. The van der Waals surface area contributed by atoms with Gasteiger partial charge in [-0.25, -0.2) is 0 Å². The van der Waals surface area contributed by atoms with Crippen molar-refractivity contribution in [3.05, 3.63) is 0 Å². The van der Waals surface area contributed by atoms with E-state index < -0.39 is 0 Å². The quantitative estimate of drug-likeness (QED) is 0.661. The van der Waals surface area contributed by atoms with Crippen LogP contribution < -0.4 is 10.6 Å². The zero-order chi connectivity index (χ0) is 11.4. The smallest absolute Gasteiger partial charge is 0.0524 e. The van der Waals surface area contributed by atoms with E-state index in [1.54, 1.807) is 0 Å². The van der Waals surface area contributed by atoms with Gasteiger partial charge < -0.3 is 15.7 Å². The van der Waals surface area contributed by atoms with Crippen LogP contribution in [0.15, 0.2) is 0 Å². The molecule has 4 unspecified atom stereocenters. The summed E-state index contributed by atoms with van der Waals surface area (Å²) in [4.78, 5) is 0. The van der Waals surface area contributed by atoms with E-state index >= 15 is 0 Å². The monoisotopic (exact) mass is 226 g/mol. The van der Waals surface area contributed by atoms with Crippen molar-refractivity contribution in [2.24, 2.45) is 5.92 Å². The zero-order valence-corrected chi connectivity index (χ0v) is 10.4. The van der Waals surface area contributed by atoms with E-state index in [2.05, 4.69) is 10.6 Å². The van der Waals surface area contributed by atoms with Crippen molar-refractivity contribution >= 4 is 0 Å². The first kappa shape index (κ1) is 12.3. The van der Waals surface area contributed by atoms with E-state index in [0.717, 1.165) is 24.9 Å². The molecule has 1 saturated heterocycles. The Labute approximate surface area is 99.0 Å². The molecule has 16 heavy (non-hydrogen) atoms. The van der Waals surface area contributed by atoms with E-state index in [4.69, 9.17) is 0 Å². The highest BCUT2D eigenvalue weighted by molar-refractivity contribution is 4.93. The summed E-state index contributed by atoms with van der Waals surface area (Å²) in [6.07, 6.45) is 7.49. The van der Waals surface area contributed by atoms with Crippen molar-refractivity contribution < 1.29 is 5.11 Å². The van der Waals surface area contributed by atoms with E-state index in [-0.39, 0.29) is 6.10 Å². The third kappa shape index (κ3) is 3.19. The van der Waals surface area contributed by atoms with Crippen LogP contribution >= 0.6 is 0 Å². The van der Waals surface area contributed by atoms with Crippen LogP contribution in [-0.4, -0.2) is 36.4 Å². The van der Waals surface area contributed by atoms with Gasteiger partial charge in [0.15, 0.2) is 0 Å². The first-order valence-corrected chi connectivity index (χ1v) is 6.92. The van der Waals surface area contributed by atoms with Crippen LogP contribution in [0.1, 0.15) is 45.4 Å². The minimum absolute atomic E-state index is 0.169. The van der Waals surface area contributed by atoms with E-state index in [9.17, 15) is 5.11 Å².